The van der Waals surface area contributed by atoms with E-state index in [0.717, 1.165) is 22.2 Å². The molecule has 0 bridgehead atoms. The summed E-state index contributed by atoms with van der Waals surface area (Å²) in [5.74, 6) is -0.0343. The van der Waals surface area contributed by atoms with Gasteiger partial charge in [-0.05, 0) is 55.1 Å². The van der Waals surface area contributed by atoms with Crippen LogP contribution in [0.3, 0.4) is 0 Å². The van der Waals surface area contributed by atoms with Crippen molar-refractivity contribution < 1.29 is 9.59 Å². The molecule has 0 aliphatic rings. The Morgan fingerprint density at radius 2 is 2.03 bits per heavy atom. The van der Waals surface area contributed by atoms with E-state index in [1.165, 1.54) is 19.2 Å². The third-order valence-electron chi connectivity index (χ3n) is 4.65. The number of rotatable bonds is 8. The fourth-order valence-electron chi connectivity index (χ4n) is 2.97. The number of ketones is 1. The predicted molar refractivity (Wildman–Crippen MR) is 125 cm³/mol. The molecule has 8 nitrogen and oxygen atoms in total. The summed E-state index contributed by atoms with van der Waals surface area (Å²) in [4.78, 5) is 34.7. The largest absolute Gasteiger partial charge is 0.380 e. The number of amides is 2. The van der Waals surface area contributed by atoms with Crippen LogP contribution < -0.4 is 16.0 Å². The first kappa shape index (κ1) is 21.5. The van der Waals surface area contributed by atoms with Crippen molar-refractivity contribution in [2.75, 3.05) is 10.6 Å². The molecule has 0 spiro atoms. The van der Waals surface area contributed by atoms with Crippen molar-refractivity contribution in [2.24, 2.45) is 4.99 Å². The monoisotopic (exact) mass is 416 g/mol. The molecule has 0 aliphatic heterocycles. The zero-order valence-electron chi connectivity index (χ0n) is 17.5. The number of aliphatic imine (C=N–C) groups is 1. The van der Waals surface area contributed by atoms with Gasteiger partial charge in [-0.3, -0.25) is 9.79 Å². The first-order valence-corrected chi connectivity index (χ1v) is 9.59. The Bertz CT molecular complexity index is 1190. The second-order valence-corrected chi connectivity index (χ2v) is 6.95. The van der Waals surface area contributed by atoms with Crippen LogP contribution in [0.15, 0.2) is 66.1 Å². The molecule has 0 saturated carbocycles. The number of pyridine rings is 1. The molecule has 3 aromatic rings. The molecule has 2 aromatic heterocycles. The number of aryl methyl sites for hydroxylation is 1. The lowest BCUT2D eigenvalue weighted by atomic mass is 10.1. The predicted octanol–water partition coefficient (Wildman–Crippen LogP) is 4.54. The van der Waals surface area contributed by atoms with E-state index in [-0.39, 0.29) is 5.78 Å². The van der Waals surface area contributed by atoms with Crippen molar-refractivity contribution in [1.29, 1.82) is 0 Å². The molecular formula is C23H24N6O2. The van der Waals surface area contributed by atoms with E-state index in [2.05, 4.69) is 44.2 Å². The van der Waals surface area contributed by atoms with Gasteiger partial charge in [-0.2, -0.15) is 0 Å². The molecule has 0 saturated heterocycles. The highest BCUT2D eigenvalue weighted by Crippen LogP contribution is 2.20. The Balaban J connectivity index is 1.69. The first-order valence-electron chi connectivity index (χ1n) is 9.59. The fraction of sp³-hybridized carbons (Fsp3) is 0.130. The number of H-pyrrole nitrogens is 1. The summed E-state index contributed by atoms with van der Waals surface area (Å²) in [6.45, 7) is 11.0. The van der Waals surface area contributed by atoms with Crippen LogP contribution in [0.4, 0.5) is 16.2 Å². The van der Waals surface area contributed by atoms with Crippen molar-refractivity contribution in [3.8, 4) is 0 Å². The molecule has 0 unspecified atom stereocenters. The Kier molecular flexibility index (Phi) is 6.61. The van der Waals surface area contributed by atoms with E-state index in [0.29, 0.717) is 29.3 Å². The number of anilines is 2. The van der Waals surface area contributed by atoms with E-state index in [9.17, 15) is 9.59 Å². The van der Waals surface area contributed by atoms with E-state index < -0.39 is 6.03 Å². The summed E-state index contributed by atoms with van der Waals surface area (Å²) in [5.41, 5.74) is 5.23. The van der Waals surface area contributed by atoms with Gasteiger partial charge in [0.05, 0.1) is 23.3 Å². The molecule has 1 aromatic carbocycles. The number of nitrogens with one attached hydrogen (secondary N) is 4. The summed E-state index contributed by atoms with van der Waals surface area (Å²) in [6, 6.07) is 9.00. The maximum absolute atomic E-state index is 12.2. The minimum Gasteiger partial charge on any atom is -0.380 e. The quantitative estimate of drug-likeness (QED) is 0.245. The zero-order chi connectivity index (χ0) is 22.4. The van der Waals surface area contributed by atoms with Gasteiger partial charge in [0.25, 0.3) is 0 Å². The molecule has 2 amide bonds. The lowest BCUT2D eigenvalue weighted by Crippen LogP contribution is -2.27. The maximum atomic E-state index is 12.2. The van der Waals surface area contributed by atoms with Crippen molar-refractivity contribution in [3.05, 3.63) is 77.9 Å². The Labute approximate surface area is 180 Å². The summed E-state index contributed by atoms with van der Waals surface area (Å²) in [6.07, 6.45) is 4.60. The molecule has 0 aliphatic carbocycles. The third kappa shape index (κ3) is 5.45. The van der Waals surface area contributed by atoms with E-state index in [1.54, 1.807) is 12.3 Å². The molecule has 0 radical (unpaired) electrons. The average molecular weight is 416 g/mol. The van der Waals surface area contributed by atoms with Crippen molar-refractivity contribution in [1.82, 2.24) is 15.3 Å². The number of carbonyl (C=O) groups is 2. The minimum absolute atomic E-state index is 0.0343. The van der Waals surface area contributed by atoms with Crippen LogP contribution in [0.5, 0.6) is 0 Å². The SMILES string of the molecule is C=C/C(=C\N=C)NC(=O)Nc1ccc(C)c(CNc2cnc3[nH]c(C(C)=O)cc3c2)c1. The van der Waals surface area contributed by atoms with E-state index >= 15 is 0 Å². The van der Waals surface area contributed by atoms with Crippen LogP contribution in [-0.4, -0.2) is 28.5 Å². The number of allylic oxidation sites excluding steroid dienone is 1. The van der Waals surface area contributed by atoms with E-state index in [4.69, 9.17) is 0 Å². The van der Waals surface area contributed by atoms with Crippen molar-refractivity contribution >= 4 is 40.9 Å². The second kappa shape index (κ2) is 9.53. The normalized spacial score (nSPS) is 11.1. The van der Waals surface area contributed by atoms with Crippen LogP contribution in [0, 0.1) is 6.92 Å². The Morgan fingerprint density at radius 1 is 1.23 bits per heavy atom. The van der Waals surface area contributed by atoms with Gasteiger partial charge in [-0.1, -0.05) is 12.6 Å². The smallest absolute Gasteiger partial charge is 0.323 e. The van der Waals surface area contributed by atoms with Gasteiger partial charge in [0.2, 0.25) is 0 Å². The Morgan fingerprint density at radius 3 is 2.74 bits per heavy atom. The van der Waals surface area contributed by atoms with Crippen LogP contribution in [0.1, 0.15) is 28.5 Å². The number of nitrogens with zero attached hydrogens (tertiary/aromatic N) is 2. The molecule has 31 heavy (non-hydrogen) atoms. The molecule has 3 rings (SSSR count). The molecule has 8 heteroatoms. The van der Waals surface area contributed by atoms with Crippen LogP contribution in [-0.2, 0) is 6.54 Å². The number of urea groups is 1. The number of fused-ring (bicyclic) bond motifs is 1. The van der Waals surface area contributed by atoms with Gasteiger partial charge in [-0.25, -0.2) is 9.78 Å². The number of benzene rings is 1. The molecule has 4 N–H and O–H groups in total. The van der Waals surface area contributed by atoms with Crippen LogP contribution >= 0.6 is 0 Å². The lowest BCUT2D eigenvalue weighted by Gasteiger charge is -2.12. The first-order chi connectivity index (χ1) is 14.9. The highest BCUT2D eigenvalue weighted by atomic mass is 16.2. The number of carbonyl (C=O) groups excluding carboxylic acids is 2. The third-order valence-corrected chi connectivity index (χ3v) is 4.65. The topological polar surface area (TPSA) is 111 Å². The molecule has 0 fully saturated rings. The highest BCUT2D eigenvalue weighted by molar-refractivity contribution is 5.97. The lowest BCUT2D eigenvalue weighted by molar-refractivity contribution is 0.101. The van der Waals surface area contributed by atoms with Gasteiger partial charge >= 0.3 is 6.03 Å². The second-order valence-electron chi connectivity index (χ2n) is 6.95. The number of Topliss-reactive ketones (excluding diaryl/α,β-unsaturated/α-hetero) is 1. The van der Waals surface area contributed by atoms with Crippen LogP contribution in [0.2, 0.25) is 0 Å². The van der Waals surface area contributed by atoms with Gasteiger partial charge in [0.15, 0.2) is 5.78 Å². The van der Waals surface area contributed by atoms with Gasteiger partial charge in [0, 0.05) is 30.7 Å². The summed E-state index contributed by atoms with van der Waals surface area (Å²) in [7, 11) is 0. The number of aromatic amines is 1. The Hall–Kier alpha value is -4.20. The van der Waals surface area contributed by atoms with Crippen molar-refractivity contribution in [3.63, 3.8) is 0 Å². The average Bonchev–Trinajstić information content (AvgIpc) is 3.17. The molecule has 158 valence electrons. The fourth-order valence-corrected chi connectivity index (χ4v) is 2.97. The number of aromatic nitrogens is 2. The standard InChI is InChI=1S/C23H24N6O2/c1-5-18(12-24-4)27-23(31)28-19-7-6-14(2)17(9-19)11-25-20-8-16-10-21(15(3)30)29-22(16)26-13-20/h5-10,12-13,25H,1,4,11H2,2-3H3,(H,26,29)(H2,27,28,31)/b18-12+. The van der Waals surface area contributed by atoms with Crippen molar-refractivity contribution in [2.45, 2.75) is 20.4 Å². The van der Waals surface area contributed by atoms with Gasteiger partial charge in [-0.15, -0.1) is 0 Å². The zero-order valence-corrected chi connectivity index (χ0v) is 17.5. The highest BCUT2D eigenvalue weighted by Gasteiger charge is 2.08. The number of hydrogen-bond acceptors (Lipinski definition) is 5. The maximum Gasteiger partial charge on any atom is 0.323 e. The number of hydrogen-bond donors (Lipinski definition) is 4. The van der Waals surface area contributed by atoms with Gasteiger partial charge < -0.3 is 20.9 Å². The summed E-state index contributed by atoms with van der Waals surface area (Å²) < 4.78 is 0. The van der Waals surface area contributed by atoms with Gasteiger partial charge in [0.1, 0.15) is 5.65 Å². The molecule has 2 heterocycles. The van der Waals surface area contributed by atoms with Crippen LogP contribution in [0.25, 0.3) is 11.0 Å². The summed E-state index contributed by atoms with van der Waals surface area (Å²) in [5, 5.41) is 9.63. The summed E-state index contributed by atoms with van der Waals surface area (Å²) >= 11 is 0. The van der Waals surface area contributed by atoms with E-state index in [1.807, 2.05) is 31.2 Å². The minimum atomic E-state index is -0.402. The molecular weight excluding hydrogens is 392 g/mol. The molecule has 0 atom stereocenters.